The maximum absolute atomic E-state index is 5.89. The predicted octanol–water partition coefficient (Wildman–Crippen LogP) is 3.15. The second kappa shape index (κ2) is 6.43. The van der Waals surface area contributed by atoms with Crippen LogP contribution >= 0.6 is 0 Å². The van der Waals surface area contributed by atoms with Gasteiger partial charge in [0.1, 0.15) is 12.6 Å². The van der Waals surface area contributed by atoms with E-state index in [2.05, 4.69) is 31.3 Å². The molecule has 0 bridgehead atoms. The molecular formula is C17H25N5O. The summed E-state index contributed by atoms with van der Waals surface area (Å²) in [6, 6.07) is 0. The van der Waals surface area contributed by atoms with Crippen LogP contribution in [0.2, 0.25) is 0 Å². The van der Waals surface area contributed by atoms with Crippen LogP contribution in [0.5, 0.6) is 0 Å². The van der Waals surface area contributed by atoms with E-state index >= 15 is 0 Å². The summed E-state index contributed by atoms with van der Waals surface area (Å²) in [5.41, 5.74) is 1.82. The van der Waals surface area contributed by atoms with Gasteiger partial charge in [0.2, 0.25) is 0 Å². The highest BCUT2D eigenvalue weighted by Gasteiger charge is 2.24. The molecule has 23 heavy (non-hydrogen) atoms. The normalized spacial score (nSPS) is 23.5. The van der Waals surface area contributed by atoms with Crippen LogP contribution in [0, 0.1) is 5.92 Å². The molecule has 6 nitrogen and oxygen atoms in total. The van der Waals surface area contributed by atoms with Crippen LogP contribution in [0.1, 0.15) is 51.7 Å². The Morgan fingerprint density at radius 1 is 1.13 bits per heavy atom. The molecule has 0 amide bonds. The number of aromatic nitrogens is 4. The first kappa shape index (κ1) is 14.9. The summed E-state index contributed by atoms with van der Waals surface area (Å²) >= 11 is 0. The Balaban J connectivity index is 1.62. The Morgan fingerprint density at radius 2 is 2.00 bits per heavy atom. The number of ether oxygens (including phenoxy) is 1. The lowest BCUT2D eigenvalue weighted by molar-refractivity contribution is -0.0298. The van der Waals surface area contributed by atoms with E-state index in [9.17, 15) is 0 Å². The van der Waals surface area contributed by atoms with Crippen LogP contribution in [-0.4, -0.2) is 39.2 Å². The van der Waals surface area contributed by atoms with Gasteiger partial charge in [-0.1, -0.05) is 13.3 Å². The quantitative estimate of drug-likeness (QED) is 0.871. The van der Waals surface area contributed by atoms with Gasteiger partial charge in [-0.2, -0.15) is 0 Å². The Bertz CT molecular complexity index is 656. The van der Waals surface area contributed by atoms with Gasteiger partial charge in [-0.25, -0.2) is 15.0 Å². The Labute approximate surface area is 136 Å². The number of hydrogen-bond acceptors (Lipinski definition) is 5. The third-order valence-corrected chi connectivity index (χ3v) is 5.30. The molecule has 0 saturated carbocycles. The van der Waals surface area contributed by atoms with Crippen LogP contribution in [0.15, 0.2) is 12.7 Å². The molecule has 2 aromatic heterocycles. The van der Waals surface area contributed by atoms with E-state index in [1.165, 1.54) is 25.7 Å². The largest absolute Gasteiger partial charge is 0.358 e. The van der Waals surface area contributed by atoms with Crippen LogP contribution in [0.25, 0.3) is 11.2 Å². The standard InChI is InChI=1S/C17H25N5O/c1-2-13-6-8-21(9-7-13)16-15-17(19-11-18-16)22(12-20-15)14-5-3-4-10-23-14/h11-14H,2-10H2,1H3. The van der Waals surface area contributed by atoms with Crippen LogP contribution < -0.4 is 4.90 Å². The average molecular weight is 315 g/mol. The predicted molar refractivity (Wildman–Crippen MR) is 89.4 cm³/mol. The van der Waals surface area contributed by atoms with E-state index in [1.807, 2.05) is 6.33 Å². The zero-order valence-electron chi connectivity index (χ0n) is 13.8. The summed E-state index contributed by atoms with van der Waals surface area (Å²) in [7, 11) is 0. The number of piperidine rings is 1. The van der Waals surface area contributed by atoms with Crippen molar-refractivity contribution in [1.29, 1.82) is 0 Å². The van der Waals surface area contributed by atoms with Crippen molar-refractivity contribution >= 4 is 17.0 Å². The van der Waals surface area contributed by atoms with Crippen molar-refractivity contribution in [2.45, 2.75) is 51.7 Å². The molecule has 2 aliphatic heterocycles. The van der Waals surface area contributed by atoms with Crippen molar-refractivity contribution in [3.05, 3.63) is 12.7 Å². The maximum atomic E-state index is 5.89. The summed E-state index contributed by atoms with van der Waals surface area (Å²) in [4.78, 5) is 16.0. The maximum Gasteiger partial charge on any atom is 0.167 e. The van der Waals surface area contributed by atoms with E-state index in [1.54, 1.807) is 6.33 Å². The molecule has 2 saturated heterocycles. The molecule has 0 radical (unpaired) electrons. The van der Waals surface area contributed by atoms with E-state index < -0.39 is 0 Å². The number of anilines is 1. The summed E-state index contributed by atoms with van der Waals surface area (Å²) < 4.78 is 7.98. The number of fused-ring (bicyclic) bond motifs is 1. The first-order valence-electron chi connectivity index (χ1n) is 8.91. The lowest BCUT2D eigenvalue weighted by Crippen LogP contribution is -2.34. The number of hydrogen-bond donors (Lipinski definition) is 0. The lowest BCUT2D eigenvalue weighted by Gasteiger charge is -2.32. The SMILES string of the molecule is CCC1CCN(c2ncnc3c2ncn3C2CCCCO2)CC1. The van der Waals surface area contributed by atoms with Crippen LogP contribution in [0.4, 0.5) is 5.82 Å². The zero-order chi connectivity index (χ0) is 15.6. The molecule has 2 fully saturated rings. The van der Waals surface area contributed by atoms with E-state index in [0.717, 1.165) is 55.4 Å². The fraction of sp³-hybridized carbons (Fsp3) is 0.706. The Morgan fingerprint density at radius 3 is 2.74 bits per heavy atom. The molecule has 4 rings (SSSR count). The average Bonchev–Trinajstić information content (AvgIpc) is 3.07. The molecule has 4 heterocycles. The molecule has 0 aromatic carbocycles. The van der Waals surface area contributed by atoms with Crippen LogP contribution in [-0.2, 0) is 4.74 Å². The molecule has 6 heteroatoms. The molecule has 124 valence electrons. The van der Waals surface area contributed by atoms with Gasteiger partial charge in [0, 0.05) is 19.7 Å². The topological polar surface area (TPSA) is 56.1 Å². The first-order chi connectivity index (χ1) is 11.4. The molecule has 0 aliphatic carbocycles. The van der Waals surface area contributed by atoms with Crippen molar-refractivity contribution in [3.63, 3.8) is 0 Å². The minimum absolute atomic E-state index is 0.0716. The summed E-state index contributed by atoms with van der Waals surface area (Å²) in [5.74, 6) is 1.84. The second-order valence-corrected chi connectivity index (χ2v) is 6.68. The fourth-order valence-electron chi connectivity index (χ4n) is 3.78. The number of imidazole rings is 1. The lowest BCUT2D eigenvalue weighted by atomic mass is 9.94. The molecule has 2 aromatic rings. The smallest absolute Gasteiger partial charge is 0.167 e. The molecule has 1 unspecified atom stereocenters. The zero-order valence-corrected chi connectivity index (χ0v) is 13.8. The third kappa shape index (κ3) is 2.80. The molecule has 0 spiro atoms. The molecular weight excluding hydrogens is 290 g/mol. The van der Waals surface area contributed by atoms with Crippen molar-refractivity contribution < 1.29 is 4.74 Å². The second-order valence-electron chi connectivity index (χ2n) is 6.68. The van der Waals surface area contributed by atoms with Gasteiger partial charge in [-0.05, 0) is 38.0 Å². The van der Waals surface area contributed by atoms with E-state index in [4.69, 9.17) is 4.74 Å². The summed E-state index contributed by atoms with van der Waals surface area (Å²) in [6.45, 7) is 5.25. The highest BCUT2D eigenvalue weighted by molar-refractivity contribution is 5.83. The molecule has 1 atom stereocenters. The minimum atomic E-state index is 0.0716. The molecule has 0 N–H and O–H groups in total. The van der Waals surface area contributed by atoms with Gasteiger partial charge in [-0.3, -0.25) is 4.57 Å². The first-order valence-corrected chi connectivity index (χ1v) is 8.91. The van der Waals surface area contributed by atoms with E-state index in [-0.39, 0.29) is 6.23 Å². The van der Waals surface area contributed by atoms with Crippen molar-refractivity contribution in [2.24, 2.45) is 5.92 Å². The number of rotatable bonds is 3. The van der Waals surface area contributed by atoms with Gasteiger partial charge in [0.25, 0.3) is 0 Å². The highest BCUT2D eigenvalue weighted by Crippen LogP contribution is 2.30. The number of nitrogens with zero attached hydrogens (tertiary/aromatic N) is 5. The van der Waals surface area contributed by atoms with Crippen molar-refractivity contribution in [1.82, 2.24) is 19.5 Å². The van der Waals surface area contributed by atoms with Crippen molar-refractivity contribution in [3.8, 4) is 0 Å². The van der Waals surface area contributed by atoms with Gasteiger partial charge in [0.15, 0.2) is 17.0 Å². The third-order valence-electron chi connectivity index (χ3n) is 5.30. The van der Waals surface area contributed by atoms with Gasteiger partial charge < -0.3 is 9.64 Å². The molecule has 2 aliphatic rings. The Kier molecular flexibility index (Phi) is 4.16. The van der Waals surface area contributed by atoms with Crippen LogP contribution in [0.3, 0.4) is 0 Å². The summed E-state index contributed by atoms with van der Waals surface area (Å²) in [5, 5.41) is 0. The summed E-state index contributed by atoms with van der Waals surface area (Å²) in [6.07, 6.45) is 10.8. The van der Waals surface area contributed by atoms with Gasteiger partial charge >= 0.3 is 0 Å². The van der Waals surface area contributed by atoms with Gasteiger partial charge in [0.05, 0.1) is 6.33 Å². The van der Waals surface area contributed by atoms with Crippen molar-refractivity contribution in [2.75, 3.05) is 24.6 Å². The highest BCUT2D eigenvalue weighted by atomic mass is 16.5. The van der Waals surface area contributed by atoms with Gasteiger partial charge in [-0.15, -0.1) is 0 Å². The monoisotopic (exact) mass is 315 g/mol. The minimum Gasteiger partial charge on any atom is -0.358 e. The fourth-order valence-corrected chi connectivity index (χ4v) is 3.78. The Hall–Kier alpha value is -1.69. The van der Waals surface area contributed by atoms with E-state index in [0.29, 0.717) is 0 Å².